The molecule has 0 aliphatic heterocycles. The van der Waals surface area contributed by atoms with Crippen molar-refractivity contribution in [1.29, 1.82) is 0 Å². The van der Waals surface area contributed by atoms with Gasteiger partial charge in [-0.3, -0.25) is 0 Å². The molecule has 0 aliphatic rings. The molecule has 140 valence electrons. The zero-order valence-electron chi connectivity index (χ0n) is 15.0. The van der Waals surface area contributed by atoms with Crippen LogP contribution in [-0.4, -0.2) is 14.5 Å². The fraction of sp³-hybridized carbons (Fsp3) is 0.0476. The van der Waals surface area contributed by atoms with Gasteiger partial charge in [0.2, 0.25) is 0 Å². The van der Waals surface area contributed by atoms with E-state index >= 15 is 0 Å². The first-order chi connectivity index (χ1) is 13.7. The molecule has 2 aromatic heterocycles. The highest BCUT2D eigenvalue weighted by Gasteiger charge is 2.04. The van der Waals surface area contributed by atoms with Crippen molar-refractivity contribution in [3.05, 3.63) is 85.1 Å². The number of anilines is 1. The zero-order valence-corrected chi connectivity index (χ0v) is 15.9. The third kappa shape index (κ3) is 4.50. The van der Waals surface area contributed by atoms with Crippen molar-refractivity contribution in [2.75, 3.05) is 4.72 Å². The highest BCUT2D eigenvalue weighted by Crippen LogP contribution is 2.26. The first-order valence-corrected chi connectivity index (χ1v) is 9.39. The van der Waals surface area contributed by atoms with Crippen molar-refractivity contribution in [2.24, 2.45) is 7.05 Å². The van der Waals surface area contributed by atoms with Crippen LogP contribution in [0, 0.1) is 5.82 Å². The van der Waals surface area contributed by atoms with Crippen LogP contribution in [0.5, 0.6) is 11.5 Å². The second kappa shape index (κ2) is 8.14. The smallest absolute Gasteiger partial charge is 0.136 e. The standard InChI is InChI=1S/C21H17FN4OS/c1-26-13-21(23-14-26)28-25-20-4-2-3-19(24-20)15-5-9-17(10-6-15)27-18-11-7-16(22)8-12-18/h2-14H,1H3,(H,24,25). The summed E-state index contributed by atoms with van der Waals surface area (Å²) in [7, 11) is 1.93. The summed E-state index contributed by atoms with van der Waals surface area (Å²) in [5.74, 6) is 1.73. The molecule has 0 amide bonds. The SMILES string of the molecule is Cn1cnc(SNc2cccc(-c3ccc(Oc4ccc(F)cc4)cc3)n2)c1. The Labute approximate surface area is 166 Å². The number of rotatable bonds is 6. The van der Waals surface area contributed by atoms with E-state index in [0.29, 0.717) is 11.5 Å². The summed E-state index contributed by atoms with van der Waals surface area (Å²) in [6.07, 6.45) is 3.69. The Balaban J connectivity index is 1.44. The Morgan fingerprint density at radius 3 is 2.36 bits per heavy atom. The molecule has 4 rings (SSSR count). The van der Waals surface area contributed by atoms with E-state index in [1.807, 2.05) is 60.3 Å². The van der Waals surface area contributed by atoms with Crippen LogP contribution in [-0.2, 0) is 7.05 Å². The lowest BCUT2D eigenvalue weighted by atomic mass is 10.1. The molecule has 4 aromatic rings. The van der Waals surface area contributed by atoms with Crippen LogP contribution in [0.3, 0.4) is 0 Å². The van der Waals surface area contributed by atoms with E-state index in [9.17, 15) is 4.39 Å². The van der Waals surface area contributed by atoms with Gasteiger partial charge in [0.05, 0.1) is 12.0 Å². The van der Waals surface area contributed by atoms with Crippen molar-refractivity contribution < 1.29 is 9.13 Å². The number of imidazole rings is 1. The fourth-order valence-electron chi connectivity index (χ4n) is 2.53. The van der Waals surface area contributed by atoms with Crippen molar-refractivity contribution in [3.63, 3.8) is 0 Å². The predicted octanol–water partition coefficient (Wildman–Crippen LogP) is 5.53. The third-order valence-corrected chi connectivity index (χ3v) is 4.62. The van der Waals surface area contributed by atoms with Gasteiger partial charge >= 0.3 is 0 Å². The Bertz CT molecular complexity index is 1060. The van der Waals surface area contributed by atoms with Crippen LogP contribution < -0.4 is 9.46 Å². The minimum absolute atomic E-state index is 0.288. The van der Waals surface area contributed by atoms with Crippen LogP contribution in [0.25, 0.3) is 11.3 Å². The maximum atomic E-state index is 13.0. The van der Waals surface area contributed by atoms with E-state index in [-0.39, 0.29) is 5.82 Å². The fourth-order valence-corrected chi connectivity index (χ4v) is 3.17. The van der Waals surface area contributed by atoms with Crippen molar-refractivity contribution >= 4 is 17.8 Å². The molecule has 0 saturated heterocycles. The summed E-state index contributed by atoms with van der Waals surface area (Å²) in [6, 6.07) is 19.4. The minimum Gasteiger partial charge on any atom is -0.457 e. The summed E-state index contributed by atoms with van der Waals surface area (Å²) >= 11 is 1.41. The summed E-state index contributed by atoms with van der Waals surface area (Å²) < 4.78 is 23.8. The van der Waals surface area contributed by atoms with E-state index in [0.717, 1.165) is 22.1 Å². The van der Waals surface area contributed by atoms with Crippen LogP contribution in [0.2, 0.25) is 0 Å². The van der Waals surface area contributed by atoms with Gasteiger partial charge in [-0.15, -0.1) is 0 Å². The number of halogens is 1. The zero-order chi connectivity index (χ0) is 19.3. The number of benzene rings is 2. The molecular formula is C21H17FN4OS. The monoisotopic (exact) mass is 392 g/mol. The minimum atomic E-state index is -0.288. The summed E-state index contributed by atoms with van der Waals surface area (Å²) in [5, 5.41) is 0.872. The van der Waals surface area contributed by atoms with E-state index in [2.05, 4.69) is 14.7 Å². The number of aryl methyl sites for hydroxylation is 1. The summed E-state index contributed by atoms with van der Waals surface area (Å²) in [5.41, 5.74) is 1.82. The lowest BCUT2D eigenvalue weighted by molar-refractivity contribution is 0.480. The van der Waals surface area contributed by atoms with Gasteiger partial charge in [0, 0.05) is 30.8 Å². The second-order valence-electron chi connectivity index (χ2n) is 6.07. The van der Waals surface area contributed by atoms with Gasteiger partial charge < -0.3 is 14.0 Å². The maximum absolute atomic E-state index is 13.0. The molecule has 2 heterocycles. The summed E-state index contributed by atoms with van der Waals surface area (Å²) in [6.45, 7) is 0. The van der Waals surface area contributed by atoms with E-state index in [1.165, 1.54) is 24.1 Å². The number of aromatic nitrogens is 3. The molecule has 7 heteroatoms. The number of hydrogen-bond donors (Lipinski definition) is 1. The molecule has 0 radical (unpaired) electrons. The average Bonchev–Trinajstić information content (AvgIpc) is 3.14. The summed E-state index contributed by atoms with van der Waals surface area (Å²) in [4.78, 5) is 8.90. The number of nitrogens with zero attached hydrogens (tertiary/aromatic N) is 3. The highest BCUT2D eigenvalue weighted by molar-refractivity contribution is 8.00. The van der Waals surface area contributed by atoms with Crippen molar-refractivity contribution in [3.8, 4) is 22.8 Å². The average molecular weight is 392 g/mol. The van der Waals surface area contributed by atoms with E-state index < -0.39 is 0 Å². The van der Waals surface area contributed by atoms with Gasteiger partial charge in [0.25, 0.3) is 0 Å². The van der Waals surface area contributed by atoms with Gasteiger partial charge in [-0.1, -0.05) is 6.07 Å². The quantitative estimate of drug-likeness (QED) is 0.437. The first-order valence-electron chi connectivity index (χ1n) is 8.57. The lowest BCUT2D eigenvalue weighted by Crippen LogP contribution is -1.92. The highest BCUT2D eigenvalue weighted by atomic mass is 32.2. The Hall–Kier alpha value is -3.32. The molecule has 0 bridgehead atoms. The van der Waals surface area contributed by atoms with Crippen LogP contribution in [0.4, 0.5) is 10.2 Å². The molecule has 0 aliphatic carbocycles. The lowest BCUT2D eigenvalue weighted by Gasteiger charge is -2.08. The van der Waals surface area contributed by atoms with Gasteiger partial charge in [0.15, 0.2) is 0 Å². The molecule has 0 fully saturated rings. The molecule has 28 heavy (non-hydrogen) atoms. The third-order valence-electron chi connectivity index (χ3n) is 3.89. The molecular weight excluding hydrogens is 375 g/mol. The first kappa shape index (κ1) is 18.1. The molecule has 0 spiro atoms. The van der Waals surface area contributed by atoms with Crippen LogP contribution in [0.15, 0.2) is 84.3 Å². The van der Waals surface area contributed by atoms with E-state index in [1.54, 1.807) is 18.5 Å². The number of nitrogens with one attached hydrogen (secondary N) is 1. The van der Waals surface area contributed by atoms with Crippen LogP contribution in [0.1, 0.15) is 0 Å². The van der Waals surface area contributed by atoms with E-state index in [4.69, 9.17) is 4.74 Å². The van der Waals surface area contributed by atoms with Gasteiger partial charge in [0.1, 0.15) is 28.2 Å². The van der Waals surface area contributed by atoms with Gasteiger partial charge in [-0.2, -0.15) is 0 Å². The largest absolute Gasteiger partial charge is 0.457 e. The van der Waals surface area contributed by atoms with Gasteiger partial charge in [-0.25, -0.2) is 14.4 Å². The number of pyridine rings is 1. The molecule has 1 N–H and O–H groups in total. The topological polar surface area (TPSA) is 52.0 Å². The number of ether oxygens (including phenoxy) is 1. The van der Waals surface area contributed by atoms with Crippen LogP contribution >= 0.6 is 11.9 Å². The molecule has 5 nitrogen and oxygen atoms in total. The molecule has 0 unspecified atom stereocenters. The molecule has 0 atom stereocenters. The van der Waals surface area contributed by atoms with Gasteiger partial charge in [-0.05, 0) is 60.7 Å². The maximum Gasteiger partial charge on any atom is 0.136 e. The van der Waals surface area contributed by atoms with Crippen molar-refractivity contribution in [2.45, 2.75) is 5.03 Å². The Kier molecular flexibility index (Phi) is 5.25. The Morgan fingerprint density at radius 2 is 1.68 bits per heavy atom. The van der Waals surface area contributed by atoms with Crippen molar-refractivity contribution in [1.82, 2.24) is 14.5 Å². The predicted molar refractivity (Wildman–Crippen MR) is 109 cm³/mol. The second-order valence-corrected chi connectivity index (χ2v) is 6.90. The molecule has 0 saturated carbocycles. The molecule has 2 aromatic carbocycles. The number of hydrogen-bond acceptors (Lipinski definition) is 5. The Morgan fingerprint density at radius 1 is 0.964 bits per heavy atom. The normalized spacial score (nSPS) is 10.6.